The maximum atomic E-state index is 13.1. The molecule has 2 aromatic carbocycles. The zero-order chi connectivity index (χ0) is 21.3. The minimum atomic E-state index is -0.154. The van der Waals surface area contributed by atoms with Gasteiger partial charge in [0, 0.05) is 28.5 Å². The molecule has 0 spiro atoms. The summed E-state index contributed by atoms with van der Waals surface area (Å²) >= 11 is 16.1. The van der Waals surface area contributed by atoms with Gasteiger partial charge in [-0.2, -0.15) is 5.10 Å². The predicted molar refractivity (Wildman–Crippen MR) is 133 cm³/mol. The van der Waals surface area contributed by atoms with Crippen LogP contribution in [0.4, 0.5) is 5.69 Å². The SMILES string of the molecule is C[C@@H]1C(C(=O)NN2CCCCC2)=NN(c2ccc(Cl)cc2Cl)[C@@H]1c1ccc(Br)cc1.Cl. The smallest absolute Gasteiger partial charge is 0.282 e. The molecule has 2 aliphatic rings. The van der Waals surface area contributed by atoms with Crippen LogP contribution in [0, 0.1) is 5.92 Å². The van der Waals surface area contributed by atoms with Crippen LogP contribution in [-0.4, -0.2) is 29.7 Å². The third-order valence-electron chi connectivity index (χ3n) is 5.60. The molecule has 2 atom stereocenters. The lowest BCUT2D eigenvalue weighted by Crippen LogP contribution is -2.48. The van der Waals surface area contributed by atoms with Gasteiger partial charge in [-0.15, -0.1) is 12.4 Å². The molecule has 4 rings (SSSR count). The van der Waals surface area contributed by atoms with Gasteiger partial charge in [0.15, 0.2) is 0 Å². The highest BCUT2D eigenvalue weighted by molar-refractivity contribution is 9.10. The van der Waals surface area contributed by atoms with Crippen molar-refractivity contribution in [1.29, 1.82) is 0 Å². The molecule has 0 saturated carbocycles. The number of nitrogens with one attached hydrogen (secondary N) is 1. The second-order valence-electron chi connectivity index (χ2n) is 7.70. The van der Waals surface area contributed by atoms with E-state index >= 15 is 0 Å². The van der Waals surface area contributed by atoms with Crippen LogP contribution < -0.4 is 10.4 Å². The molecule has 166 valence electrons. The summed E-state index contributed by atoms with van der Waals surface area (Å²) in [5, 5.41) is 9.64. The normalized spacial score (nSPS) is 21.4. The molecule has 0 bridgehead atoms. The Balaban J connectivity index is 0.00000272. The number of piperidine rings is 1. The number of hydrogen-bond donors (Lipinski definition) is 1. The number of nitrogens with zero attached hydrogens (tertiary/aromatic N) is 3. The number of carbonyl (C=O) groups excluding carboxylic acids is 1. The highest BCUT2D eigenvalue weighted by Gasteiger charge is 2.40. The standard InChI is InChI=1S/C22H23BrCl2N4O.ClH/c1-14-20(22(30)27-28-11-3-2-4-12-28)26-29(19-10-9-17(24)13-18(19)25)21(14)15-5-7-16(23)8-6-15;/h5-10,13-14,21H,2-4,11-12H2,1H3,(H,27,30);1H/t14-,21+;/m1./s1. The van der Waals surface area contributed by atoms with Gasteiger partial charge in [-0.3, -0.25) is 15.2 Å². The quantitative estimate of drug-likeness (QED) is 0.493. The number of carbonyl (C=O) groups is 1. The number of anilines is 1. The molecule has 9 heteroatoms. The average molecular weight is 547 g/mol. The first kappa shape index (κ1) is 24.3. The Morgan fingerprint density at radius 3 is 2.42 bits per heavy atom. The fourth-order valence-corrected chi connectivity index (χ4v) is 4.81. The molecule has 2 heterocycles. The summed E-state index contributed by atoms with van der Waals surface area (Å²) < 4.78 is 0.997. The number of halogens is 4. The largest absolute Gasteiger partial charge is 0.284 e. The van der Waals surface area contributed by atoms with Crippen LogP contribution in [0.2, 0.25) is 10.0 Å². The first-order valence-electron chi connectivity index (χ1n) is 10.1. The van der Waals surface area contributed by atoms with Crippen molar-refractivity contribution >= 4 is 68.8 Å². The number of hydrogen-bond acceptors (Lipinski definition) is 4. The number of benzene rings is 2. The van der Waals surface area contributed by atoms with Crippen LogP contribution in [0.15, 0.2) is 52.0 Å². The lowest BCUT2D eigenvalue weighted by atomic mass is 9.91. The molecular weight excluding hydrogens is 523 g/mol. The van der Waals surface area contributed by atoms with E-state index in [0.717, 1.165) is 41.7 Å². The van der Waals surface area contributed by atoms with E-state index in [4.69, 9.17) is 28.3 Å². The van der Waals surface area contributed by atoms with Gasteiger partial charge in [-0.05, 0) is 48.7 Å². The zero-order valence-electron chi connectivity index (χ0n) is 17.0. The van der Waals surface area contributed by atoms with E-state index < -0.39 is 0 Å². The Hall–Kier alpha value is -1.31. The second-order valence-corrected chi connectivity index (χ2v) is 9.46. The maximum absolute atomic E-state index is 13.1. The number of rotatable bonds is 4. The molecule has 5 nitrogen and oxygen atoms in total. The summed E-state index contributed by atoms with van der Waals surface area (Å²) in [6.07, 6.45) is 3.39. The number of hydrazine groups is 1. The van der Waals surface area contributed by atoms with Crippen molar-refractivity contribution in [3.05, 3.63) is 62.5 Å². The lowest BCUT2D eigenvalue weighted by Gasteiger charge is -2.28. The molecule has 0 unspecified atom stereocenters. The van der Waals surface area contributed by atoms with E-state index in [1.807, 2.05) is 47.3 Å². The summed E-state index contributed by atoms with van der Waals surface area (Å²) in [7, 11) is 0. The molecule has 31 heavy (non-hydrogen) atoms. The summed E-state index contributed by atoms with van der Waals surface area (Å²) in [5.74, 6) is -0.276. The van der Waals surface area contributed by atoms with Crippen LogP contribution in [0.5, 0.6) is 0 Å². The van der Waals surface area contributed by atoms with Crippen molar-refractivity contribution < 1.29 is 4.79 Å². The molecule has 1 fully saturated rings. The van der Waals surface area contributed by atoms with Gasteiger partial charge in [-0.1, -0.05) is 64.6 Å². The van der Waals surface area contributed by atoms with Gasteiger partial charge in [-0.25, -0.2) is 5.01 Å². The van der Waals surface area contributed by atoms with Crippen molar-refractivity contribution in [2.45, 2.75) is 32.2 Å². The van der Waals surface area contributed by atoms with E-state index in [1.165, 1.54) is 6.42 Å². The molecule has 0 aliphatic carbocycles. The van der Waals surface area contributed by atoms with E-state index in [0.29, 0.717) is 15.8 Å². The first-order chi connectivity index (χ1) is 14.4. The fraction of sp³-hybridized carbons (Fsp3) is 0.364. The Morgan fingerprint density at radius 1 is 1.10 bits per heavy atom. The van der Waals surface area contributed by atoms with Crippen LogP contribution >= 0.6 is 51.5 Å². The van der Waals surface area contributed by atoms with Crippen molar-refractivity contribution in [1.82, 2.24) is 10.4 Å². The minimum Gasteiger partial charge on any atom is -0.284 e. The van der Waals surface area contributed by atoms with Crippen LogP contribution in [-0.2, 0) is 4.79 Å². The molecule has 2 aliphatic heterocycles. The number of hydrazone groups is 1. The number of amides is 1. The monoisotopic (exact) mass is 544 g/mol. The minimum absolute atomic E-state index is 0. The van der Waals surface area contributed by atoms with E-state index in [-0.39, 0.29) is 30.3 Å². The first-order valence-corrected chi connectivity index (χ1v) is 11.6. The maximum Gasteiger partial charge on any atom is 0.282 e. The highest BCUT2D eigenvalue weighted by atomic mass is 79.9. The van der Waals surface area contributed by atoms with Gasteiger partial charge >= 0.3 is 0 Å². The Bertz CT molecular complexity index is 964. The summed E-state index contributed by atoms with van der Waals surface area (Å²) in [6.45, 7) is 3.78. The molecular formula is C22H24BrCl3N4O. The second kappa shape index (κ2) is 10.5. The van der Waals surface area contributed by atoms with Crippen LogP contribution in [0.3, 0.4) is 0 Å². The predicted octanol–water partition coefficient (Wildman–Crippen LogP) is 6.25. The summed E-state index contributed by atoms with van der Waals surface area (Å²) in [5.41, 5.74) is 5.32. The third kappa shape index (κ3) is 5.37. The lowest BCUT2D eigenvalue weighted by molar-refractivity contribution is -0.120. The molecule has 1 saturated heterocycles. The van der Waals surface area contributed by atoms with E-state index in [2.05, 4.69) is 21.4 Å². The van der Waals surface area contributed by atoms with Crippen LogP contribution in [0.1, 0.15) is 37.8 Å². The molecule has 1 amide bonds. The van der Waals surface area contributed by atoms with Gasteiger partial charge in [0.2, 0.25) is 0 Å². The Kier molecular flexibility index (Phi) is 8.27. The summed E-state index contributed by atoms with van der Waals surface area (Å²) in [4.78, 5) is 13.1. The van der Waals surface area contributed by atoms with Crippen molar-refractivity contribution in [3.63, 3.8) is 0 Å². The van der Waals surface area contributed by atoms with Crippen LogP contribution in [0.25, 0.3) is 0 Å². The Labute approximate surface area is 207 Å². The molecule has 0 radical (unpaired) electrons. The molecule has 1 N–H and O–H groups in total. The average Bonchev–Trinajstić information content (AvgIpc) is 3.06. The molecule has 0 aromatic heterocycles. The highest BCUT2D eigenvalue weighted by Crippen LogP contribution is 2.42. The zero-order valence-corrected chi connectivity index (χ0v) is 20.9. The summed E-state index contributed by atoms with van der Waals surface area (Å²) in [6, 6.07) is 13.3. The Morgan fingerprint density at radius 2 is 1.77 bits per heavy atom. The topological polar surface area (TPSA) is 47.9 Å². The van der Waals surface area contributed by atoms with Gasteiger partial charge in [0.1, 0.15) is 5.71 Å². The van der Waals surface area contributed by atoms with Crippen molar-refractivity contribution in [3.8, 4) is 0 Å². The fourth-order valence-electron chi connectivity index (χ4n) is 4.05. The van der Waals surface area contributed by atoms with Crippen molar-refractivity contribution in [2.24, 2.45) is 11.0 Å². The van der Waals surface area contributed by atoms with E-state index in [9.17, 15) is 4.79 Å². The van der Waals surface area contributed by atoms with Gasteiger partial charge in [0.05, 0.1) is 16.8 Å². The van der Waals surface area contributed by atoms with Gasteiger partial charge < -0.3 is 0 Å². The third-order valence-corrected chi connectivity index (χ3v) is 6.67. The molecule has 2 aromatic rings. The van der Waals surface area contributed by atoms with Crippen molar-refractivity contribution in [2.75, 3.05) is 18.1 Å². The van der Waals surface area contributed by atoms with E-state index in [1.54, 1.807) is 12.1 Å². The van der Waals surface area contributed by atoms with Gasteiger partial charge in [0.25, 0.3) is 5.91 Å².